The number of benzene rings is 1. The Morgan fingerprint density at radius 2 is 2.05 bits per heavy atom. The number of hydrogen-bond donors (Lipinski definition) is 1. The Kier molecular flexibility index (Phi) is 4.00. The third-order valence-corrected chi connectivity index (χ3v) is 3.38. The zero-order chi connectivity index (χ0) is 14.0. The number of hydrogen-bond acceptors (Lipinski definition) is 2. The second-order valence-corrected chi connectivity index (χ2v) is 4.77. The van der Waals surface area contributed by atoms with E-state index >= 15 is 0 Å². The molecule has 19 heavy (non-hydrogen) atoms. The van der Waals surface area contributed by atoms with Crippen molar-refractivity contribution in [2.24, 2.45) is 5.73 Å². The van der Waals surface area contributed by atoms with Crippen LogP contribution in [-0.4, -0.2) is 9.78 Å². The van der Waals surface area contributed by atoms with Gasteiger partial charge in [0.2, 0.25) is 0 Å². The van der Waals surface area contributed by atoms with Crippen LogP contribution in [0.3, 0.4) is 0 Å². The van der Waals surface area contributed by atoms with Crippen LogP contribution in [0.25, 0.3) is 11.1 Å². The van der Waals surface area contributed by atoms with Gasteiger partial charge in [-0.25, -0.2) is 4.39 Å². The minimum absolute atomic E-state index is 0.241. The van der Waals surface area contributed by atoms with Crippen molar-refractivity contribution in [3.8, 4) is 11.1 Å². The molecule has 0 aliphatic carbocycles. The normalized spacial score (nSPS) is 11.0. The van der Waals surface area contributed by atoms with Gasteiger partial charge in [0.05, 0.1) is 5.69 Å². The van der Waals surface area contributed by atoms with Gasteiger partial charge in [-0.2, -0.15) is 5.10 Å². The molecule has 0 saturated carbocycles. The van der Waals surface area contributed by atoms with E-state index in [0.717, 1.165) is 41.0 Å². The smallest absolute Gasteiger partial charge is 0.123 e. The summed E-state index contributed by atoms with van der Waals surface area (Å²) in [5, 5.41) is 4.53. The summed E-state index contributed by atoms with van der Waals surface area (Å²) in [6.07, 6.45) is 1.02. The van der Waals surface area contributed by atoms with Crippen LogP contribution in [-0.2, 0) is 13.1 Å². The van der Waals surface area contributed by atoms with Crippen LogP contribution in [0.15, 0.2) is 18.2 Å². The number of nitrogens with two attached hydrogens (primary N) is 1. The summed E-state index contributed by atoms with van der Waals surface area (Å²) >= 11 is 0. The minimum atomic E-state index is -0.241. The fourth-order valence-electron chi connectivity index (χ4n) is 2.48. The van der Waals surface area contributed by atoms with E-state index in [9.17, 15) is 4.39 Å². The van der Waals surface area contributed by atoms with Gasteiger partial charge >= 0.3 is 0 Å². The standard InChI is InChI=1S/C15H20FN3/c1-4-7-19-11(3)15(10(2)18-19)14-8-13(16)6-5-12(14)9-17/h5-6,8H,4,7,9,17H2,1-3H3. The molecule has 1 aromatic carbocycles. The van der Waals surface area contributed by atoms with Gasteiger partial charge in [0.1, 0.15) is 5.82 Å². The van der Waals surface area contributed by atoms with Gasteiger partial charge in [-0.15, -0.1) is 0 Å². The number of aryl methyl sites for hydroxylation is 2. The van der Waals surface area contributed by atoms with E-state index in [-0.39, 0.29) is 5.82 Å². The summed E-state index contributed by atoms with van der Waals surface area (Å²) in [5.74, 6) is -0.241. The lowest BCUT2D eigenvalue weighted by atomic mass is 9.98. The Hall–Kier alpha value is -1.68. The second-order valence-electron chi connectivity index (χ2n) is 4.77. The van der Waals surface area contributed by atoms with E-state index in [1.807, 2.05) is 18.5 Å². The molecule has 0 amide bonds. The van der Waals surface area contributed by atoms with Crippen molar-refractivity contribution in [2.45, 2.75) is 40.3 Å². The quantitative estimate of drug-likeness (QED) is 0.918. The SMILES string of the molecule is CCCn1nc(C)c(-c2cc(F)ccc2CN)c1C. The first-order valence-electron chi connectivity index (χ1n) is 6.61. The predicted molar refractivity (Wildman–Crippen MR) is 75.3 cm³/mol. The fraction of sp³-hybridized carbons (Fsp3) is 0.400. The molecule has 0 saturated heterocycles. The summed E-state index contributed by atoms with van der Waals surface area (Å²) in [4.78, 5) is 0. The van der Waals surface area contributed by atoms with Crippen LogP contribution >= 0.6 is 0 Å². The lowest BCUT2D eigenvalue weighted by Gasteiger charge is -2.09. The number of rotatable bonds is 4. The van der Waals surface area contributed by atoms with Gasteiger partial charge in [-0.05, 0) is 43.5 Å². The zero-order valence-electron chi connectivity index (χ0n) is 11.7. The van der Waals surface area contributed by atoms with E-state index in [1.165, 1.54) is 6.07 Å². The van der Waals surface area contributed by atoms with Crippen molar-refractivity contribution in [1.82, 2.24) is 9.78 Å². The van der Waals surface area contributed by atoms with Crippen LogP contribution in [0.2, 0.25) is 0 Å². The lowest BCUT2D eigenvalue weighted by molar-refractivity contribution is 0.583. The first-order chi connectivity index (χ1) is 9.08. The summed E-state index contributed by atoms with van der Waals surface area (Å²) in [6.45, 7) is 7.37. The molecule has 0 bridgehead atoms. The van der Waals surface area contributed by atoms with Crippen LogP contribution < -0.4 is 5.73 Å². The van der Waals surface area contributed by atoms with Crippen LogP contribution in [0.1, 0.15) is 30.3 Å². The molecule has 102 valence electrons. The van der Waals surface area contributed by atoms with Gasteiger partial charge in [0.15, 0.2) is 0 Å². The molecule has 1 aromatic heterocycles. The summed E-state index contributed by atoms with van der Waals surface area (Å²) in [6, 6.07) is 4.75. The van der Waals surface area contributed by atoms with E-state index in [2.05, 4.69) is 12.0 Å². The Morgan fingerprint density at radius 3 is 2.68 bits per heavy atom. The molecular weight excluding hydrogens is 241 g/mol. The first kappa shape index (κ1) is 13.7. The van der Waals surface area contributed by atoms with E-state index in [1.54, 1.807) is 12.1 Å². The molecule has 3 nitrogen and oxygen atoms in total. The highest BCUT2D eigenvalue weighted by Gasteiger charge is 2.16. The molecule has 0 aliphatic rings. The Labute approximate surface area is 113 Å². The van der Waals surface area contributed by atoms with E-state index in [0.29, 0.717) is 6.54 Å². The van der Waals surface area contributed by atoms with Gasteiger partial charge in [-0.3, -0.25) is 4.68 Å². The van der Waals surface area contributed by atoms with Crippen molar-refractivity contribution >= 4 is 0 Å². The topological polar surface area (TPSA) is 43.8 Å². The molecule has 0 fully saturated rings. The molecule has 2 rings (SSSR count). The van der Waals surface area contributed by atoms with Crippen LogP contribution in [0.5, 0.6) is 0 Å². The molecule has 0 aliphatic heterocycles. The van der Waals surface area contributed by atoms with Crippen molar-refractivity contribution in [2.75, 3.05) is 0 Å². The van der Waals surface area contributed by atoms with Gasteiger partial charge in [0, 0.05) is 24.3 Å². The largest absolute Gasteiger partial charge is 0.326 e. The second kappa shape index (κ2) is 5.53. The average molecular weight is 261 g/mol. The Morgan fingerprint density at radius 1 is 1.32 bits per heavy atom. The third kappa shape index (κ3) is 2.54. The first-order valence-corrected chi connectivity index (χ1v) is 6.61. The summed E-state index contributed by atoms with van der Waals surface area (Å²) in [7, 11) is 0. The molecule has 2 aromatic rings. The van der Waals surface area contributed by atoms with Gasteiger partial charge in [0.25, 0.3) is 0 Å². The average Bonchev–Trinajstić information content (AvgIpc) is 2.65. The highest BCUT2D eigenvalue weighted by atomic mass is 19.1. The highest BCUT2D eigenvalue weighted by Crippen LogP contribution is 2.30. The minimum Gasteiger partial charge on any atom is -0.326 e. The zero-order valence-corrected chi connectivity index (χ0v) is 11.7. The molecule has 0 atom stereocenters. The molecule has 0 radical (unpaired) electrons. The molecule has 4 heteroatoms. The maximum atomic E-state index is 13.5. The maximum absolute atomic E-state index is 13.5. The Bertz CT molecular complexity index is 587. The molecule has 0 unspecified atom stereocenters. The van der Waals surface area contributed by atoms with Crippen molar-refractivity contribution in [3.05, 3.63) is 41.0 Å². The van der Waals surface area contributed by atoms with Crippen molar-refractivity contribution in [3.63, 3.8) is 0 Å². The number of aromatic nitrogens is 2. The van der Waals surface area contributed by atoms with Crippen LogP contribution in [0, 0.1) is 19.7 Å². The van der Waals surface area contributed by atoms with Gasteiger partial charge < -0.3 is 5.73 Å². The van der Waals surface area contributed by atoms with E-state index < -0.39 is 0 Å². The third-order valence-electron chi connectivity index (χ3n) is 3.38. The predicted octanol–water partition coefficient (Wildman–Crippen LogP) is 3.17. The Balaban J connectivity index is 2.61. The summed E-state index contributed by atoms with van der Waals surface area (Å²) in [5.41, 5.74) is 10.6. The fourth-order valence-corrected chi connectivity index (χ4v) is 2.48. The summed E-state index contributed by atoms with van der Waals surface area (Å²) < 4.78 is 15.5. The van der Waals surface area contributed by atoms with Crippen LogP contribution in [0.4, 0.5) is 4.39 Å². The van der Waals surface area contributed by atoms with Crippen molar-refractivity contribution < 1.29 is 4.39 Å². The van der Waals surface area contributed by atoms with Gasteiger partial charge in [-0.1, -0.05) is 13.0 Å². The molecule has 1 heterocycles. The molecule has 0 spiro atoms. The molecule has 2 N–H and O–H groups in total. The van der Waals surface area contributed by atoms with Crippen molar-refractivity contribution in [1.29, 1.82) is 0 Å². The lowest BCUT2D eigenvalue weighted by Crippen LogP contribution is -2.02. The highest BCUT2D eigenvalue weighted by molar-refractivity contribution is 5.71. The monoisotopic (exact) mass is 261 g/mol. The van der Waals surface area contributed by atoms with E-state index in [4.69, 9.17) is 5.73 Å². The number of nitrogens with zero attached hydrogens (tertiary/aromatic N) is 2. The number of halogens is 1. The maximum Gasteiger partial charge on any atom is 0.123 e. The molecular formula is C15H20FN3.